The Morgan fingerprint density at radius 1 is 1.00 bits per heavy atom. The van der Waals surface area contributed by atoms with Crippen molar-refractivity contribution < 1.29 is 24.2 Å². The summed E-state index contributed by atoms with van der Waals surface area (Å²) in [4.78, 5) is 35.0. The number of aliphatic hydroxyl groups is 1. The molecular weight excluding hydrogens is 490 g/mol. The van der Waals surface area contributed by atoms with Crippen molar-refractivity contribution in [1.82, 2.24) is 4.98 Å². The van der Waals surface area contributed by atoms with Crippen molar-refractivity contribution in [2.24, 2.45) is 0 Å². The van der Waals surface area contributed by atoms with Gasteiger partial charge in [0.1, 0.15) is 17.3 Å². The van der Waals surface area contributed by atoms with E-state index in [1.165, 1.54) is 30.5 Å². The summed E-state index contributed by atoms with van der Waals surface area (Å²) in [6.45, 7) is 0. The number of aliphatic hydroxyl groups excluding tert-OH is 1. The smallest absolute Gasteiger partial charge is 0.301 e. The number of ether oxygens (including phenoxy) is 2. The van der Waals surface area contributed by atoms with Gasteiger partial charge in [-0.05, 0) is 48.0 Å². The Hall–Kier alpha value is -4.37. The summed E-state index contributed by atoms with van der Waals surface area (Å²) in [7, 11) is 6.83. The Morgan fingerprint density at radius 3 is 2.38 bits per heavy atom. The van der Waals surface area contributed by atoms with Crippen molar-refractivity contribution in [3.05, 3.63) is 83.4 Å². The lowest BCUT2D eigenvalue weighted by molar-refractivity contribution is -0.132. The fraction of sp³-hybridized carbons (Fsp3) is 0.179. The van der Waals surface area contributed by atoms with Crippen molar-refractivity contribution in [3.8, 4) is 11.5 Å². The number of Topliss-reactive ketones (excluding diaryl/α,β-unsaturated/α-hetero) is 1. The molecule has 1 fully saturated rings. The molecule has 1 aromatic heterocycles. The number of amides is 1. The Balaban J connectivity index is 1.75. The number of para-hydroxylation sites is 1. The molecule has 8 nitrogen and oxygen atoms in total. The zero-order valence-electron chi connectivity index (χ0n) is 20.8. The van der Waals surface area contributed by atoms with Gasteiger partial charge in [-0.2, -0.15) is 0 Å². The Labute approximate surface area is 218 Å². The average Bonchev–Trinajstić information content (AvgIpc) is 3.46. The van der Waals surface area contributed by atoms with Crippen LogP contribution in [0.1, 0.15) is 17.2 Å². The standard InChI is InChI=1S/C28H25N3O5S/c1-30(2)17-11-9-16(10-12-17)24-23(25(32)19-15-18(35-3)13-14-21(19)36-4)26(33)27(34)31(24)28-29-20-7-5-6-8-22(20)37-28/h5-15,24,32H,1-4H3/b25-23+. The lowest BCUT2D eigenvalue weighted by atomic mass is 9.95. The average molecular weight is 516 g/mol. The number of carbonyl (C=O) groups is 2. The Kier molecular flexibility index (Phi) is 6.31. The molecule has 0 aliphatic carbocycles. The van der Waals surface area contributed by atoms with Crippen LogP contribution in [0.4, 0.5) is 10.8 Å². The topological polar surface area (TPSA) is 92.2 Å². The van der Waals surface area contributed by atoms with Gasteiger partial charge in [0.2, 0.25) is 0 Å². The third-order valence-electron chi connectivity index (χ3n) is 6.32. The first-order valence-electron chi connectivity index (χ1n) is 11.5. The minimum absolute atomic E-state index is 0.0478. The van der Waals surface area contributed by atoms with Gasteiger partial charge in [0.15, 0.2) is 5.13 Å². The summed E-state index contributed by atoms with van der Waals surface area (Å²) in [6.07, 6.45) is 0. The molecule has 37 heavy (non-hydrogen) atoms. The van der Waals surface area contributed by atoms with E-state index in [0.717, 1.165) is 15.9 Å². The van der Waals surface area contributed by atoms with Gasteiger partial charge < -0.3 is 19.5 Å². The van der Waals surface area contributed by atoms with Gasteiger partial charge in [0, 0.05) is 19.8 Å². The van der Waals surface area contributed by atoms with Crippen LogP contribution in [-0.4, -0.2) is 50.1 Å². The van der Waals surface area contributed by atoms with Crippen LogP contribution in [0.3, 0.4) is 0 Å². The predicted octanol–water partition coefficient (Wildman–Crippen LogP) is 5.01. The molecule has 9 heteroatoms. The van der Waals surface area contributed by atoms with Crippen molar-refractivity contribution in [3.63, 3.8) is 0 Å². The first-order chi connectivity index (χ1) is 17.8. The number of fused-ring (bicyclic) bond motifs is 1. The zero-order valence-corrected chi connectivity index (χ0v) is 21.6. The second kappa shape index (κ2) is 9.59. The van der Waals surface area contributed by atoms with Gasteiger partial charge >= 0.3 is 5.91 Å². The molecule has 188 valence electrons. The van der Waals surface area contributed by atoms with Gasteiger partial charge in [-0.1, -0.05) is 35.6 Å². The highest BCUT2D eigenvalue weighted by Gasteiger charge is 2.48. The summed E-state index contributed by atoms with van der Waals surface area (Å²) in [5.74, 6) is -1.10. The van der Waals surface area contributed by atoms with Gasteiger partial charge in [-0.3, -0.25) is 14.5 Å². The first kappa shape index (κ1) is 24.3. The van der Waals surface area contributed by atoms with Gasteiger partial charge in [0.05, 0.1) is 41.6 Å². The fourth-order valence-corrected chi connectivity index (χ4v) is 5.40. The fourth-order valence-electron chi connectivity index (χ4n) is 4.41. The molecular formula is C28H25N3O5S. The van der Waals surface area contributed by atoms with Crippen molar-refractivity contribution in [2.75, 3.05) is 38.1 Å². The first-order valence-corrected chi connectivity index (χ1v) is 12.3. The third kappa shape index (κ3) is 4.17. The number of methoxy groups -OCH3 is 2. The van der Waals surface area contributed by atoms with E-state index in [1.54, 1.807) is 18.2 Å². The number of anilines is 2. The van der Waals surface area contributed by atoms with Crippen molar-refractivity contribution >= 4 is 49.8 Å². The van der Waals surface area contributed by atoms with Gasteiger partial charge in [0.25, 0.3) is 5.78 Å². The van der Waals surface area contributed by atoms with E-state index in [2.05, 4.69) is 4.98 Å². The molecule has 0 saturated carbocycles. The van der Waals surface area contributed by atoms with Crippen LogP contribution in [0, 0.1) is 0 Å². The maximum atomic E-state index is 13.5. The second-order valence-electron chi connectivity index (χ2n) is 8.69. The number of aromatic nitrogens is 1. The molecule has 1 N–H and O–H groups in total. The van der Waals surface area contributed by atoms with Crippen LogP contribution in [-0.2, 0) is 9.59 Å². The third-order valence-corrected chi connectivity index (χ3v) is 7.36. The Bertz CT molecular complexity index is 1510. The van der Waals surface area contributed by atoms with Crippen LogP contribution >= 0.6 is 11.3 Å². The van der Waals surface area contributed by atoms with Crippen LogP contribution in [0.25, 0.3) is 16.0 Å². The van der Waals surface area contributed by atoms with Crippen LogP contribution < -0.4 is 19.3 Å². The Morgan fingerprint density at radius 2 is 1.73 bits per heavy atom. The van der Waals surface area contributed by atoms with E-state index in [9.17, 15) is 14.7 Å². The predicted molar refractivity (Wildman–Crippen MR) is 145 cm³/mol. The summed E-state index contributed by atoms with van der Waals surface area (Å²) in [5.41, 5.74) is 2.54. The van der Waals surface area contributed by atoms with E-state index < -0.39 is 17.7 Å². The number of thiazole rings is 1. The summed E-state index contributed by atoms with van der Waals surface area (Å²) >= 11 is 1.31. The molecule has 1 amide bonds. The minimum Gasteiger partial charge on any atom is -0.507 e. The number of hydrogen-bond acceptors (Lipinski definition) is 8. The molecule has 1 aliphatic heterocycles. The number of rotatable bonds is 6. The SMILES string of the molecule is COc1ccc(OC)c(/C(O)=C2\C(=O)C(=O)N(c3nc4ccccc4s3)C2c2ccc(N(C)C)cc2)c1. The van der Waals surface area contributed by atoms with Crippen molar-refractivity contribution in [1.29, 1.82) is 0 Å². The van der Waals surface area contributed by atoms with E-state index in [4.69, 9.17) is 9.47 Å². The molecule has 5 rings (SSSR count). The van der Waals surface area contributed by atoms with Gasteiger partial charge in [-0.25, -0.2) is 4.98 Å². The molecule has 1 atom stereocenters. The maximum absolute atomic E-state index is 13.5. The molecule has 4 aromatic rings. The van der Waals surface area contributed by atoms with Gasteiger partial charge in [-0.15, -0.1) is 0 Å². The normalized spacial score (nSPS) is 16.9. The van der Waals surface area contributed by atoms with E-state index in [0.29, 0.717) is 22.2 Å². The monoisotopic (exact) mass is 515 g/mol. The van der Waals surface area contributed by atoms with Crippen molar-refractivity contribution in [2.45, 2.75) is 6.04 Å². The number of carbonyl (C=O) groups excluding carboxylic acids is 2. The summed E-state index contributed by atoms with van der Waals surface area (Å²) < 4.78 is 11.7. The molecule has 0 radical (unpaired) electrons. The largest absolute Gasteiger partial charge is 0.507 e. The maximum Gasteiger partial charge on any atom is 0.301 e. The summed E-state index contributed by atoms with van der Waals surface area (Å²) in [6, 6.07) is 19.0. The molecule has 2 heterocycles. The van der Waals surface area contributed by atoms with E-state index >= 15 is 0 Å². The number of nitrogens with zero attached hydrogens (tertiary/aromatic N) is 3. The molecule has 1 saturated heterocycles. The van der Waals surface area contributed by atoms with E-state index in [1.807, 2.05) is 67.5 Å². The van der Waals surface area contributed by atoms with Crippen LogP contribution in [0.5, 0.6) is 11.5 Å². The van der Waals surface area contributed by atoms with Crippen LogP contribution in [0.2, 0.25) is 0 Å². The number of hydrogen-bond donors (Lipinski definition) is 1. The molecule has 0 spiro atoms. The number of ketones is 1. The van der Waals surface area contributed by atoms with Crippen LogP contribution in [0.15, 0.2) is 72.3 Å². The lowest BCUT2D eigenvalue weighted by Crippen LogP contribution is -2.29. The highest BCUT2D eigenvalue weighted by atomic mass is 32.1. The second-order valence-corrected chi connectivity index (χ2v) is 9.69. The quantitative estimate of drug-likeness (QED) is 0.219. The number of benzene rings is 3. The lowest BCUT2D eigenvalue weighted by Gasteiger charge is -2.24. The van der Waals surface area contributed by atoms with E-state index in [-0.39, 0.29) is 16.9 Å². The minimum atomic E-state index is -0.896. The highest BCUT2D eigenvalue weighted by molar-refractivity contribution is 7.22. The summed E-state index contributed by atoms with van der Waals surface area (Å²) in [5, 5.41) is 11.9. The molecule has 1 unspecified atom stereocenters. The molecule has 1 aliphatic rings. The highest BCUT2D eigenvalue weighted by Crippen LogP contribution is 2.45. The molecule has 3 aromatic carbocycles. The molecule has 0 bridgehead atoms. The zero-order chi connectivity index (χ0) is 26.3.